The van der Waals surface area contributed by atoms with Gasteiger partial charge in [0.25, 0.3) is 0 Å². The van der Waals surface area contributed by atoms with Crippen LogP contribution in [0.4, 0.5) is 14.5 Å². The van der Waals surface area contributed by atoms with E-state index in [9.17, 15) is 8.78 Å². The molecule has 1 heterocycles. The molecule has 1 aromatic carbocycles. The number of benzene rings is 1. The van der Waals surface area contributed by atoms with Gasteiger partial charge in [-0.3, -0.25) is 4.98 Å². The first-order valence-corrected chi connectivity index (χ1v) is 6.24. The van der Waals surface area contributed by atoms with Crippen LogP contribution in [0.1, 0.15) is 5.69 Å². The molecule has 2 rings (SSSR count). The molecule has 1 N–H and O–H groups in total. The van der Waals surface area contributed by atoms with Crippen LogP contribution in [0.5, 0.6) is 0 Å². The van der Waals surface area contributed by atoms with Gasteiger partial charge in [0.15, 0.2) is 0 Å². The summed E-state index contributed by atoms with van der Waals surface area (Å²) in [5.74, 6) is -1.22. The molecule has 0 atom stereocenters. The SMILES string of the molecule is Fc1cc(Br)cc(F)c1NCCc1ccccn1. The Labute approximate surface area is 112 Å². The van der Waals surface area contributed by atoms with Crippen molar-refractivity contribution in [1.29, 1.82) is 0 Å². The van der Waals surface area contributed by atoms with Crippen molar-refractivity contribution in [2.45, 2.75) is 6.42 Å². The Balaban J connectivity index is 1.99. The fraction of sp³-hybridized carbons (Fsp3) is 0.154. The molecule has 0 unspecified atom stereocenters. The smallest absolute Gasteiger partial charge is 0.150 e. The topological polar surface area (TPSA) is 24.9 Å². The predicted molar refractivity (Wildman–Crippen MR) is 70.5 cm³/mol. The van der Waals surface area contributed by atoms with Crippen LogP contribution >= 0.6 is 15.9 Å². The summed E-state index contributed by atoms with van der Waals surface area (Å²) in [7, 11) is 0. The summed E-state index contributed by atoms with van der Waals surface area (Å²) in [6.07, 6.45) is 2.30. The number of pyridine rings is 1. The molecule has 0 saturated carbocycles. The van der Waals surface area contributed by atoms with Gasteiger partial charge in [0.2, 0.25) is 0 Å². The van der Waals surface area contributed by atoms with Crippen molar-refractivity contribution in [3.63, 3.8) is 0 Å². The van der Waals surface area contributed by atoms with Gasteiger partial charge in [-0.2, -0.15) is 0 Å². The minimum absolute atomic E-state index is 0.103. The Hall–Kier alpha value is -1.49. The van der Waals surface area contributed by atoms with Crippen LogP contribution in [0.3, 0.4) is 0 Å². The molecule has 5 heteroatoms. The van der Waals surface area contributed by atoms with Crippen LogP contribution in [0, 0.1) is 11.6 Å². The first kappa shape index (κ1) is 13.0. The van der Waals surface area contributed by atoms with Crippen LogP contribution in [0.2, 0.25) is 0 Å². The van der Waals surface area contributed by atoms with Gasteiger partial charge >= 0.3 is 0 Å². The van der Waals surface area contributed by atoms with Gasteiger partial charge in [-0.15, -0.1) is 0 Å². The molecule has 18 heavy (non-hydrogen) atoms. The largest absolute Gasteiger partial charge is 0.380 e. The summed E-state index contributed by atoms with van der Waals surface area (Å²) in [4.78, 5) is 4.13. The van der Waals surface area contributed by atoms with Gasteiger partial charge in [-0.25, -0.2) is 8.78 Å². The lowest BCUT2D eigenvalue weighted by Crippen LogP contribution is -2.09. The van der Waals surface area contributed by atoms with E-state index < -0.39 is 11.6 Å². The van der Waals surface area contributed by atoms with Gasteiger partial charge in [0, 0.05) is 29.3 Å². The highest BCUT2D eigenvalue weighted by molar-refractivity contribution is 9.10. The molecule has 0 radical (unpaired) electrons. The van der Waals surface area contributed by atoms with E-state index in [0.29, 0.717) is 17.4 Å². The summed E-state index contributed by atoms with van der Waals surface area (Å²) in [5, 5.41) is 2.75. The van der Waals surface area contributed by atoms with Gasteiger partial charge in [0.1, 0.15) is 17.3 Å². The molecular formula is C13H11BrF2N2. The fourth-order valence-electron chi connectivity index (χ4n) is 1.57. The fourth-order valence-corrected chi connectivity index (χ4v) is 1.97. The van der Waals surface area contributed by atoms with E-state index in [1.807, 2.05) is 18.2 Å². The highest BCUT2D eigenvalue weighted by atomic mass is 79.9. The third kappa shape index (κ3) is 3.26. The second kappa shape index (κ2) is 5.91. The first-order chi connectivity index (χ1) is 8.66. The highest BCUT2D eigenvalue weighted by Gasteiger charge is 2.09. The van der Waals surface area contributed by atoms with Crippen LogP contribution in [-0.4, -0.2) is 11.5 Å². The Kier molecular flexibility index (Phi) is 4.25. The number of halogens is 3. The number of nitrogens with zero attached hydrogens (tertiary/aromatic N) is 1. The van der Waals surface area contributed by atoms with Gasteiger partial charge in [-0.05, 0) is 24.3 Å². The maximum Gasteiger partial charge on any atom is 0.150 e. The molecule has 0 saturated heterocycles. The molecule has 0 aliphatic heterocycles. The normalized spacial score (nSPS) is 10.4. The lowest BCUT2D eigenvalue weighted by Gasteiger charge is -2.08. The number of nitrogens with one attached hydrogen (secondary N) is 1. The maximum atomic E-state index is 13.5. The van der Waals surface area contributed by atoms with Crippen molar-refractivity contribution in [3.05, 3.63) is 58.3 Å². The summed E-state index contributed by atoms with van der Waals surface area (Å²) >= 11 is 3.03. The molecule has 1 aromatic heterocycles. The molecule has 94 valence electrons. The molecule has 0 amide bonds. The van der Waals surface area contributed by atoms with Crippen LogP contribution in [-0.2, 0) is 6.42 Å². The van der Waals surface area contributed by atoms with Crippen molar-refractivity contribution in [2.75, 3.05) is 11.9 Å². The number of rotatable bonds is 4. The zero-order chi connectivity index (χ0) is 13.0. The van der Waals surface area contributed by atoms with Crippen LogP contribution in [0.25, 0.3) is 0 Å². The lowest BCUT2D eigenvalue weighted by molar-refractivity contribution is 0.586. The standard InChI is InChI=1S/C13H11BrF2N2/c14-9-7-11(15)13(12(16)8-9)18-6-4-10-3-1-2-5-17-10/h1-3,5,7-8,18H,4,6H2. The minimum atomic E-state index is -0.608. The molecule has 2 nitrogen and oxygen atoms in total. The molecule has 0 spiro atoms. The van der Waals surface area contributed by atoms with Crippen molar-refractivity contribution < 1.29 is 8.78 Å². The van der Waals surface area contributed by atoms with Crippen LogP contribution < -0.4 is 5.32 Å². The average molecular weight is 313 g/mol. The quantitative estimate of drug-likeness (QED) is 0.929. The minimum Gasteiger partial charge on any atom is -0.380 e. The summed E-state index contributed by atoms with van der Waals surface area (Å²) in [6.45, 7) is 0.423. The lowest BCUT2D eigenvalue weighted by atomic mass is 10.2. The molecule has 0 aliphatic rings. The molecule has 0 fully saturated rings. The zero-order valence-corrected chi connectivity index (χ0v) is 11.0. The van der Waals surface area contributed by atoms with E-state index >= 15 is 0 Å². The maximum absolute atomic E-state index is 13.5. The number of anilines is 1. The summed E-state index contributed by atoms with van der Waals surface area (Å²) in [5.41, 5.74) is 0.775. The summed E-state index contributed by atoms with van der Waals surface area (Å²) in [6, 6.07) is 8.03. The second-order valence-corrected chi connectivity index (χ2v) is 4.66. The van der Waals surface area contributed by atoms with E-state index in [0.717, 1.165) is 5.69 Å². The third-order valence-corrected chi connectivity index (χ3v) is 2.87. The molecular weight excluding hydrogens is 302 g/mol. The van der Waals surface area contributed by atoms with E-state index in [4.69, 9.17) is 0 Å². The monoisotopic (exact) mass is 312 g/mol. The Morgan fingerprint density at radius 3 is 2.50 bits per heavy atom. The summed E-state index contributed by atoms with van der Waals surface area (Å²) < 4.78 is 27.4. The van der Waals surface area contributed by atoms with E-state index in [1.165, 1.54) is 12.1 Å². The number of hydrogen-bond acceptors (Lipinski definition) is 2. The Morgan fingerprint density at radius 2 is 1.89 bits per heavy atom. The van der Waals surface area contributed by atoms with E-state index in [-0.39, 0.29) is 5.69 Å². The van der Waals surface area contributed by atoms with Crippen molar-refractivity contribution in [1.82, 2.24) is 4.98 Å². The average Bonchev–Trinajstić information content (AvgIpc) is 2.34. The third-order valence-electron chi connectivity index (χ3n) is 2.42. The number of aromatic nitrogens is 1. The number of hydrogen-bond donors (Lipinski definition) is 1. The van der Waals surface area contributed by atoms with Crippen molar-refractivity contribution >= 4 is 21.6 Å². The zero-order valence-electron chi connectivity index (χ0n) is 9.46. The molecule has 0 bridgehead atoms. The van der Waals surface area contributed by atoms with Crippen molar-refractivity contribution in [2.24, 2.45) is 0 Å². The Bertz CT molecular complexity index is 509. The first-order valence-electron chi connectivity index (χ1n) is 5.45. The van der Waals surface area contributed by atoms with Crippen LogP contribution in [0.15, 0.2) is 41.0 Å². The molecule has 2 aromatic rings. The van der Waals surface area contributed by atoms with Crippen molar-refractivity contribution in [3.8, 4) is 0 Å². The van der Waals surface area contributed by atoms with Gasteiger partial charge in [0.05, 0.1) is 0 Å². The molecule has 0 aliphatic carbocycles. The Morgan fingerprint density at radius 1 is 1.17 bits per heavy atom. The van der Waals surface area contributed by atoms with E-state index in [2.05, 4.69) is 26.2 Å². The van der Waals surface area contributed by atoms with Gasteiger partial charge in [-0.1, -0.05) is 22.0 Å². The van der Waals surface area contributed by atoms with E-state index in [1.54, 1.807) is 6.20 Å². The van der Waals surface area contributed by atoms with Gasteiger partial charge < -0.3 is 5.32 Å². The second-order valence-electron chi connectivity index (χ2n) is 3.74. The highest BCUT2D eigenvalue weighted by Crippen LogP contribution is 2.23. The predicted octanol–water partition coefficient (Wildman–Crippen LogP) is 3.78.